The molecule has 0 N–H and O–H groups in total. The third kappa shape index (κ3) is 5.16. The summed E-state index contributed by atoms with van der Waals surface area (Å²) in [6, 6.07) is 70.8. The zero-order chi connectivity index (χ0) is 38.2. The van der Waals surface area contributed by atoms with Crippen LogP contribution < -0.4 is 0 Å². The fourth-order valence-corrected chi connectivity index (χ4v) is 8.76. The van der Waals surface area contributed by atoms with Crippen LogP contribution in [0.15, 0.2) is 205 Å². The van der Waals surface area contributed by atoms with Crippen LogP contribution in [0.1, 0.15) is 0 Å². The molecule has 0 atom stereocenters. The summed E-state index contributed by atoms with van der Waals surface area (Å²) >= 11 is 0. The summed E-state index contributed by atoms with van der Waals surface area (Å²) in [4.78, 5) is 10.5. The van der Waals surface area contributed by atoms with E-state index in [-0.39, 0.29) is 0 Å². The minimum Gasteiger partial charge on any atom is -0.455 e. The molecule has 0 saturated heterocycles. The number of furan rings is 1. The van der Waals surface area contributed by atoms with Crippen LogP contribution >= 0.6 is 0 Å². The predicted molar refractivity (Wildman–Crippen MR) is 240 cm³/mol. The summed E-state index contributed by atoms with van der Waals surface area (Å²) in [5.74, 6) is 0.661. The van der Waals surface area contributed by atoms with Crippen molar-refractivity contribution in [1.82, 2.24) is 14.5 Å². The van der Waals surface area contributed by atoms with Crippen molar-refractivity contribution in [3.63, 3.8) is 0 Å². The molecule has 0 bridgehead atoms. The lowest BCUT2D eigenvalue weighted by atomic mass is 10.00. The molecule has 9 aromatic carbocycles. The Morgan fingerprint density at radius 3 is 1.71 bits per heavy atom. The Kier molecular flexibility index (Phi) is 7.20. The Morgan fingerprint density at radius 2 is 0.931 bits per heavy atom. The average molecular weight is 740 g/mol. The molecule has 12 rings (SSSR count). The maximum atomic E-state index is 6.67. The zero-order valence-electron chi connectivity index (χ0n) is 31.3. The molecule has 12 aromatic rings. The topological polar surface area (TPSA) is 43.9 Å². The van der Waals surface area contributed by atoms with Crippen molar-refractivity contribution in [2.24, 2.45) is 0 Å². The van der Waals surface area contributed by atoms with E-state index < -0.39 is 0 Å². The van der Waals surface area contributed by atoms with Gasteiger partial charge in [-0.2, -0.15) is 0 Å². The van der Waals surface area contributed by atoms with E-state index in [1.807, 2.05) is 18.2 Å². The monoisotopic (exact) mass is 739 g/mol. The van der Waals surface area contributed by atoms with Gasteiger partial charge in [-0.3, -0.25) is 0 Å². The highest BCUT2D eigenvalue weighted by Gasteiger charge is 2.21. The van der Waals surface area contributed by atoms with E-state index >= 15 is 0 Å². The number of hydrogen-bond donors (Lipinski definition) is 0. The predicted octanol–water partition coefficient (Wildman–Crippen LogP) is 14.4. The molecular formula is C54H33N3O. The highest BCUT2D eigenvalue weighted by molar-refractivity contribution is 6.20. The maximum absolute atomic E-state index is 6.67. The van der Waals surface area contributed by atoms with Gasteiger partial charge in [-0.05, 0) is 70.4 Å². The number of para-hydroxylation sites is 2. The molecule has 58 heavy (non-hydrogen) atoms. The normalized spacial score (nSPS) is 11.8. The molecule has 0 radical (unpaired) electrons. The van der Waals surface area contributed by atoms with Gasteiger partial charge in [0.2, 0.25) is 0 Å². The van der Waals surface area contributed by atoms with Crippen molar-refractivity contribution in [2.45, 2.75) is 0 Å². The van der Waals surface area contributed by atoms with Crippen LogP contribution in [-0.2, 0) is 0 Å². The molecular weight excluding hydrogens is 707 g/mol. The van der Waals surface area contributed by atoms with Gasteiger partial charge in [0.15, 0.2) is 5.82 Å². The Labute approximate surface area is 333 Å². The Balaban J connectivity index is 1.13. The van der Waals surface area contributed by atoms with E-state index in [1.165, 1.54) is 32.7 Å². The number of fused-ring (bicyclic) bond motifs is 9. The number of benzene rings is 9. The van der Waals surface area contributed by atoms with E-state index in [2.05, 4.69) is 187 Å². The third-order valence-electron chi connectivity index (χ3n) is 11.6. The molecule has 0 spiro atoms. The molecule has 0 unspecified atom stereocenters. The van der Waals surface area contributed by atoms with Gasteiger partial charge in [0.25, 0.3) is 0 Å². The van der Waals surface area contributed by atoms with Crippen LogP contribution in [0.4, 0.5) is 0 Å². The number of aromatic nitrogens is 3. The Bertz CT molecular complexity index is 3550. The minimum atomic E-state index is 0.661. The van der Waals surface area contributed by atoms with Crippen molar-refractivity contribution in [2.75, 3.05) is 0 Å². The number of hydrogen-bond acceptors (Lipinski definition) is 3. The minimum absolute atomic E-state index is 0.661. The van der Waals surface area contributed by atoms with Crippen molar-refractivity contribution >= 4 is 65.3 Å². The summed E-state index contributed by atoms with van der Waals surface area (Å²) in [5, 5.41) is 9.14. The van der Waals surface area contributed by atoms with Crippen LogP contribution in [0.2, 0.25) is 0 Å². The maximum Gasteiger partial charge on any atom is 0.160 e. The number of nitrogens with zero attached hydrogens (tertiary/aromatic N) is 3. The molecule has 3 heterocycles. The van der Waals surface area contributed by atoms with Crippen molar-refractivity contribution < 1.29 is 4.42 Å². The van der Waals surface area contributed by atoms with Gasteiger partial charge in [0, 0.05) is 49.0 Å². The van der Waals surface area contributed by atoms with Crippen LogP contribution in [0.25, 0.3) is 116 Å². The van der Waals surface area contributed by atoms with Gasteiger partial charge in [-0.25, -0.2) is 9.97 Å². The first-order valence-electron chi connectivity index (χ1n) is 19.6. The molecule has 0 aliphatic heterocycles. The molecule has 270 valence electrons. The van der Waals surface area contributed by atoms with E-state index in [1.54, 1.807) is 0 Å². The van der Waals surface area contributed by atoms with Crippen LogP contribution in [0, 0.1) is 0 Å². The first kappa shape index (κ1) is 32.4. The molecule has 0 saturated carbocycles. The molecule has 0 aliphatic carbocycles. The smallest absolute Gasteiger partial charge is 0.160 e. The third-order valence-corrected chi connectivity index (χ3v) is 11.6. The highest BCUT2D eigenvalue weighted by Crippen LogP contribution is 2.43. The molecule has 4 heteroatoms. The second-order valence-electron chi connectivity index (χ2n) is 15.0. The molecule has 0 aliphatic rings. The highest BCUT2D eigenvalue weighted by atomic mass is 16.3. The Morgan fingerprint density at radius 1 is 0.345 bits per heavy atom. The van der Waals surface area contributed by atoms with E-state index in [4.69, 9.17) is 14.4 Å². The van der Waals surface area contributed by atoms with E-state index in [9.17, 15) is 0 Å². The first-order valence-corrected chi connectivity index (χ1v) is 19.6. The summed E-state index contributed by atoms with van der Waals surface area (Å²) < 4.78 is 9.11. The zero-order valence-corrected chi connectivity index (χ0v) is 31.3. The van der Waals surface area contributed by atoms with Crippen LogP contribution in [-0.4, -0.2) is 14.5 Å². The van der Waals surface area contributed by atoms with Crippen LogP contribution in [0.3, 0.4) is 0 Å². The lowest BCUT2D eigenvalue weighted by Gasteiger charge is -2.15. The fraction of sp³-hybridized carbons (Fsp3) is 0. The van der Waals surface area contributed by atoms with Crippen LogP contribution in [0.5, 0.6) is 0 Å². The van der Waals surface area contributed by atoms with Crippen molar-refractivity contribution in [1.29, 1.82) is 0 Å². The summed E-state index contributed by atoms with van der Waals surface area (Å²) in [6.07, 6.45) is 0. The SMILES string of the molecule is c1ccc(-c2ccc(-c3cc(-c4ccccc4)nc(-c4ccc5c(c4)c(-n4c6ccccc6c6cc7ccccc7cc64)cc4c6ccccc6oc54)n3)cc2)cc1. The summed E-state index contributed by atoms with van der Waals surface area (Å²) in [6.45, 7) is 0. The van der Waals surface area contributed by atoms with Gasteiger partial charge in [-0.1, -0.05) is 152 Å². The lowest BCUT2D eigenvalue weighted by Crippen LogP contribution is -1.98. The van der Waals surface area contributed by atoms with Gasteiger partial charge in [0.05, 0.1) is 28.1 Å². The van der Waals surface area contributed by atoms with Gasteiger partial charge in [-0.15, -0.1) is 0 Å². The molecule has 4 nitrogen and oxygen atoms in total. The lowest BCUT2D eigenvalue weighted by molar-refractivity contribution is 0.672. The van der Waals surface area contributed by atoms with Gasteiger partial charge < -0.3 is 8.98 Å². The van der Waals surface area contributed by atoms with Gasteiger partial charge >= 0.3 is 0 Å². The van der Waals surface area contributed by atoms with E-state index in [0.717, 1.165) is 77.5 Å². The molecule has 0 fully saturated rings. The largest absolute Gasteiger partial charge is 0.455 e. The second-order valence-corrected chi connectivity index (χ2v) is 15.0. The molecule has 0 amide bonds. The first-order chi connectivity index (χ1) is 28.7. The Hall–Kier alpha value is -7.82. The second kappa shape index (κ2) is 12.9. The van der Waals surface area contributed by atoms with E-state index in [0.29, 0.717) is 5.82 Å². The average Bonchev–Trinajstić information content (AvgIpc) is 3.83. The van der Waals surface area contributed by atoms with Gasteiger partial charge in [0.1, 0.15) is 11.2 Å². The summed E-state index contributed by atoms with van der Waals surface area (Å²) in [7, 11) is 0. The van der Waals surface area contributed by atoms with Crippen molar-refractivity contribution in [3.05, 3.63) is 200 Å². The summed E-state index contributed by atoms with van der Waals surface area (Å²) in [5.41, 5.74) is 12.2. The standard InChI is InChI=1S/C54H33N3O/c1-3-13-34(14-4-1)35-23-25-37(26-24-35)48-33-47(36-15-5-2-6-16-36)55-54(56-48)40-27-28-43-45(30-40)51(32-46-42-20-10-12-22-52(42)58-53(43)46)57-49-21-11-9-19-41(49)44-29-38-17-7-8-18-39(38)31-50(44)57/h1-33H. The number of rotatable bonds is 5. The molecule has 3 aromatic heterocycles. The fourth-order valence-electron chi connectivity index (χ4n) is 8.76. The van der Waals surface area contributed by atoms with Crippen molar-refractivity contribution in [3.8, 4) is 50.7 Å². The quantitative estimate of drug-likeness (QED) is 0.177.